The fourth-order valence-corrected chi connectivity index (χ4v) is 2.23. The van der Waals surface area contributed by atoms with E-state index in [1.165, 1.54) is 0 Å². The first-order valence-corrected chi connectivity index (χ1v) is 5.58. The van der Waals surface area contributed by atoms with Gasteiger partial charge in [0.2, 0.25) is 0 Å². The van der Waals surface area contributed by atoms with E-state index in [4.69, 9.17) is 0 Å². The second-order valence-electron chi connectivity index (χ2n) is 2.57. The van der Waals surface area contributed by atoms with Gasteiger partial charge in [0.05, 0.1) is 12.4 Å². The smallest absolute Gasteiger partial charge is 0.0911 e. The minimum atomic E-state index is -0.283. The Morgan fingerprint density at radius 3 is 2.38 bits per heavy atom. The Labute approximate surface area is 94.0 Å². The van der Waals surface area contributed by atoms with E-state index < -0.39 is 0 Å². The molecule has 1 nitrogen and oxygen atoms in total. The molecule has 0 radical (unpaired) electrons. The maximum absolute atomic E-state index is 11.8. The van der Waals surface area contributed by atoms with Gasteiger partial charge in [-0.3, -0.25) is 4.39 Å². The van der Waals surface area contributed by atoms with Gasteiger partial charge in [0, 0.05) is 15.5 Å². The maximum atomic E-state index is 11.8. The van der Waals surface area contributed by atoms with E-state index in [0.29, 0.717) is 13.0 Å². The Morgan fingerprint density at radius 1 is 1.23 bits per heavy atom. The van der Waals surface area contributed by atoms with Crippen LogP contribution in [0.4, 0.5) is 10.1 Å². The number of benzene rings is 1. The number of para-hydroxylation sites is 1. The molecule has 1 aromatic carbocycles. The number of nitrogens with one attached hydrogen (secondary N) is 1. The van der Waals surface area contributed by atoms with Crippen LogP contribution >= 0.6 is 31.9 Å². The first-order valence-electron chi connectivity index (χ1n) is 3.99. The molecule has 0 bridgehead atoms. The highest BCUT2D eigenvalue weighted by Crippen LogP contribution is 2.30. The van der Waals surface area contributed by atoms with Crippen molar-refractivity contribution in [2.45, 2.75) is 6.42 Å². The fourth-order valence-electron chi connectivity index (χ4n) is 0.947. The minimum absolute atomic E-state index is 0.283. The molecule has 0 aliphatic heterocycles. The molecule has 0 saturated heterocycles. The van der Waals surface area contributed by atoms with E-state index in [2.05, 4.69) is 37.2 Å². The van der Waals surface area contributed by atoms with Crippen LogP contribution in [0.25, 0.3) is 0 Å². The molecule has 0 spiro atoms. The minimum Gasteiger partial charge on any atom is -0.383 e. The number of anilines is 1. The molecular weight excluding hydrogens is 301 g/mol. The summed E-state index contributed by atoms with van der Waals surface area (Å²) in [4.78, 5) is 0. The summed E-state index contributed by atoms with van der Waals surface area (Å²) in [5.74, 6) is 0. The van der Waals surface area contributed by atoms with Crippen molar-refractivity contribution in [3.63, 3.8) is 0 Å². The van der Waals surface area contributed by atoms with Gasteiger partial charge in [-0.05, 0) is 50.4 Å². The van der Waals surface area contributed by atoms with Crippen LogP contribution in [0.15, 0.2) is 27.1 Å². The molecule has 4 heteroatoms. The van der Waals surface area contributed by atoms with Crippen LogP contribution in [0.5, 0.6) is 0 Å². The van der Waals surface area contributed by atoms with E-state index in [-0.39, 0.29) is 6.67 Å². The van der Waals surface area contributed by atoms with Gasteiger partial charge in [-0.2, -0.15) is 0 Å². The molecule has 1 N–H and O–H groups in total. The Balaban J connectivity index is 2.64. The Kier molecular flexibility index (Phi) is 4.73. The molecule has 1 aromatic rings. The van der Waals surface area contributed by atoms with Crippen LogP contribution in [0.2, 0.25) is 0 Å². The van der Waals surface area contributed by atoms with Gasteiger partial charge in [-0.1, -0.05) is 6.07 Å². The van der Waals surface area contributed by atoms with E-state index in [0.717, 1.165) is 14.6 Å². The van der Waals surface area contributed by atoms with Gasteiger partial charge in [0.15, 0.2) is 0 Å². The SMILES string of the molecule is FCCCNc1c(Br)cccc1Br. The highest BCUT2D eigenvalue weighted by atomic mass is 79.9. The summed E-state index contributed by atoms with van der Waals surface area (Å²) >= 11 is 6.83. The standard InChI is InChI=1S/C9H10Br2FN/c10-7-3-1-4-8(11)9(7)13-6-2-5-12/h1,3-4,13H,2,5-6H2. The van der Waals surface area contributed by atoms with Crippen molar-refractivity contribution in [1.29, 1.82) is 0 Å². The molecule has 0 aliphatic carbocycles. The van der Waals surface area contributed by atoms with Crippen LogP contribution < -0.4 is 5.32 Å². The summed E-state index contributed by atoms with van der Waals surface area (Å²) in [6, 6.07) is 5.83. The monoisotopic (exact) mass is 309 g/mol. The van der Waals surface area contributed by atoms with Crippen molar-refractivity contribution >= 4 is 37.5 Å². The largest absolute Gasteiger partial charge is 0.383 e. The molecule has 72 valence electrons. The van der Waals surface area contributed by atoms with Gasteiger partial charge in [0.25, 0.3) is 0 Å². The second-order valence-corrected chi connectivity index (χ2v) is 4.27. The predicted octanol–water partition coefficient (Wildman–Crippen LogP) is 3.98. The molecule has 13 heavy (non-hydrogen) atoms. The summed E-state index contributed by atoms with van der Waals surface area (Å²) < 4.78 is 13.8. The first kappa shape index (κ1) is 11.0. The normalized spacial score (nSPS) is 10.1. The summed E-state index contributed by atoms with van der Waals surface area (Å²) in [7, 11) is 0. The number of hydrogen-bond donors (Lipinski definition) is 1. The molecule has 0 aromatic heterocycles. The molecule has 1 rings (SSSR count). The average Bonchev–Trinajstić information content (AvgIpc) is 2.10. The zero-order chi connectivity index (χ0) is 9.68. The van der Waals surface area contributed by atoms with Crippen molar-refractivity contribution < 1.29 is 4.39 Å². The van der Waals surface area contributed by atoms with E-state index in [1.54, 1.807) is 0 Å². The molecule has 0 fully saturated rings. The molecule has 0 aliphatic rings. The second kappa shape index (κ2) is 5.60. The highest BCUT2D eigenvalue weighted by molar-refractivity contribution is 9.11. The lowest BCUT2D eigenvalue weighted by Crippen LogP contribution is -2.03. The number of alkyl halides is 1. The van der Waals surface area contributed by atoms with E-state index >= 15 is 0 Å². The van der Waals surface area contributed by atoms with Gasteiger partial charge < -0.3 is 5.32 Å². The van der Waals surface area contributed by atoms with Crippen molar-refractivity contribution in [2.24, 2.45) is 0 Å². The van der Waals surface area contributed by atoms with Gasteiger partial charge in [-0.15, -0.1) is 0 Å². The number of halogens is 3. The summed E-state index contributed by atoms with van der Waals surface area (Å²) in [6.07, 6.45) is 0.535. The maximum Gasteiger partial charge on any atom is 0.0911 e. The lowest BCUT2D eigenvalue weighted by Gasteiger charge is -2.09. The zero-order valence-corrected chi connectivity index (χ0v) is 10.2. The summed E-state index contributed by atoms with van der Waals surface area (Å²) in [5.41, 5.74) is 0.982. The molecule has 0 amide bonds. The average molecular weight is 311 g/mol. The predicted molar refractivity (Wildman–Crippen MR) is 60.9 cm³/mol. The van der Waals surface area contributed by atoms with Crippen molar-refractivity contribution in [1.82, 2.24) is 0 Å². The van der Waals surface area contributed by atoms with E-state index in [1.807, 2.05) is 18.2 Å². The van der Waals surface area contributed by atoms with Gasteiger partial charge in [0.1, 0.15) is 0 Å². The van der Waals surface area contributed by atoms with Gasteiger partial charge in [-0.25, -0.2) is 0 Å². The quantitative estimate of drug-likeness (QED) is 0.829. The first-order chi connectivity index (χ1) is 6.25. The summed E-state index contributed by atoms with van der Waals surface area (Å²) in [5, 5.41) is 3.15. The highest BCUT2D eigenvalue weighted by Gasteiger charge is 2.02. The molecular formula is C9H10Br2FN. The lowest BCUT2D eigenvalue weighted by atomic mass is 10.3. The fraction of sp³-hybridized carbons (Fsp3) is 0.333. The molecule has 0 heterocycles. The summed E-state index contributed by atoms with van der Waals surface area (Å²) in [6.45, 7) is 0.368. The van der Waals surface area contributed by atoms with Crippen molar-refractivity contribution in [3.8, 4) is 0 Å². The molecule has 0 saturated carbocycles. The third-order valence-electron chi connectivity index (χ3n) is 1.57. The Hall–Kier alpha value is -0.0900. The molecule has 0 unspecified atom stereocenters. The van der Waals surface area contributed by atoms with Gasteiger partial charge >= 0.3 is 0 Å². The van der Waals surface area contributed by atoms with Crippen molar-refractivity contribution in [3.05, 3.63) is 27.1 Å². The zero-order valence-electron chi connectivity index (χ0n) is 6.99. The Bertz CT molecular complexity index is 258. The Morgan fingerprint density at radius 2 is 1.85 bits per heavy atom. The third kappa shape index (κ3) is 3.27. The lowest BCUT2D eigenvalue weighted by molar-refractivity contribution is 0.481. The topological polar surface area (TPSA) is 12.0 Å². The van der Waals surface area contributed by atoms with Crippen LogP contribution in [0.3, 0.4) is 0 Å². The number of hydrogen-bond acceptors (Lipinski definition) is 1. The van der Waals surface area contributed by atoms with Crippen LogP contribution in [-0.2, 0) is 0 Å². The van der Waals surface area contributed by atoms with E-state index in [9.17, 15) is 4.39 Å². The molecule has 0 atom stereocenters. The van der Waals surface area contributed by atoms with Crippen molar-refractivity contribution in [2.75, 3.05) is 18.5 Å². The third-order valence-corrected chi connectivity index (χ3v) is 2.90. The van der Waals surface area contributed by atoms with Crippen LogP contribution in [-0.4, -0.2) is 13.2 Å². The van der Waals surface area contributed by atoms with Crippen LogP contribution in [0.1, 0.15) is 6.42 Å². The van der Waals surface area contributed by atoms with Crippen LogP contribution in [0, 0.1) is 0 Å². The number of rotatable bonds is 4.